The second kappa shape index (κ2) is 7.66. The molecule has 0 aliphatic carbocycles. The number of hydrogen-bond acceptors (Lipinski definition) is 6. The van der Waals surface area contributed by atoms with E-state index in [0.29, 0.717) is 18.7 Å². The fourth-order valence-electron chi connectivity index (χ4n) is 2.02. The van der Waals surface area contributed by atoms with Crippen LogP contribution in [0.2, 0.25) is 0 Å². The van der Waals surface area contributed by atoms with Gasteiger partial charge in [0.2, 0.25) is 5.75 Å². The Morgan fingerprint density at radius 1 is 1.40 bits per heavy atom. The zero-order valence-electron chi connectivity index (χ0n) is 11.7. The van der Waals surface area contributed by atoms with Crippen LogP contribution in [-0.2, 0) is 6.54 Å². The minimum Gasteiger partial charge on any atom is -0.500 e. The second-order valence-electron chi connectivity index (χ2n) is 4.42. The van der Waals surface area contributed by atoms with Crippen molar-refractivity contribution < 1.29 is 19.9 Å². The van der Waals surface area contributed by atoms with Crippen LogP contribution in [-0.4, -0.2) is 46.8 Å². The molecule has 2 N–H and O–H groups in total. The third-order valence-corrected chi connectivity index (χ3v) is 2.89. The smallest absolute Gasteiger partial charge is 0.314 e. The van der Waals surface area contributed by atoms with Gasteiger partial charge in [-0.3, -0.25) is 15.0 Å². The zero-order chi connectivity index (χ0) is 15.1. The topological polar surface area (TPSA) is 96.1 Å². The van der Waals surface area contributed by atoms with Gasteiger partial charge in [0, 0.05) is 19.2 Å². The molecule has 0 atom stereocenters. The van der Waals surface area contributed by atoms with Gasteiger partial charge in [-0.05, 0) is 24.6 Å². The minimum absolute atomic E-state index is 0.0251. The lowest BCUT2D eigenvalue weighted by Gasteiger charge is -2.20. The highest BCUT2D eigenvalue weighted by Gasteiger charge is 2.20. The van der Waals surface area contributed by atoms with Crippen molar-refractivity contribution in [2.24, 2.45) is 0 Å². The average molecular weight is 284 g/mol. The molecule has 7 nitrogen and oxygen atoms in total. The number of aromatic hydroxyl groups is 1. The lowest BCUT2D eigenvalue weighted by atomic mass is 10.1. The predicted molar refractivity (Wildman–Crippen MR) is 74.0 cm³/mol. The normalized spacial score (nSPS) is 10.8. The summed E-state index contributed by atoms with van der Waals surface area (Å²) in [6.45, 7) is 3.76. The van der Waals surface area contributed by atoms with E-state index >= 15 is 0 Å². The summed E-state index contributed by atoms with van der Waals surface area (Å²) in [7, 11) is 1.35. The maximum absolute atomic E-state index is 10.9. The molecule has 1 aromatic rings. The summed E-state index contributed by atoms with van der Waals surface area (Å²) in [5, 5.41) is 29.6. The van der Waals surface area contributed by atoms with Crippen LogP contribution in [0, 0.1) is 10.1 Å². The number of hydrogen-bond donors (Lipinski definition) is 2. The highest BCUT2D eigenvalue weighted by Crippen LogP contribution is 2.37. The first-order valence-electron chi connectivity index (χ1n) is 6.41. The van der Waals surface area contributed by atoms with Gasteiger partial charge in [0.25, 0.3) is 0 Å². The largest absolute Gasteiger partial charge is 0.500 e. The summed E-state index contributed by atoms with van der Waals surface area (Å²) in [5.74, 6) is -0.389. The molecule has 1 aromatic carbocycles. The van der Waals surface area contributed by atoms with Gasteiger partial charge >= 0.3 is 5.69 Å². The van der Waals surface area contributed by atoms with E-state index in [9.17, 15) is 15.2 Å². The molecular formula is C13H20N2O5. The van der Waals surface area contributed by atoms with Crippen molar-refractivity contribution in [2.75, 3.05) is 26.8 Å². The van der Waals surface area contributed by atoms with E-state index in [1.807, 2.05) is 11.8 Å². The maximum atomic E-state index is 10.9. The molecule has 0 bridgehead atoms. The SMILES string of the molecule is CCCN(CCO)Cc1cc(OC)c(O)c([N+](=O)[O-])c1. The molecule has 7 heteroatoms. The van der Waals surface area contributed by atoms with Gasteiger partial charge in [-0.15, -0.1) is 0 Å². The number of nitro benzene ring substituents is 1. The van der Waals surface area contributed by atoms with Crippen molar-refractivity contribution in [3.05, 3.63) is 27.8 Å². The number of nitro groups is 1. The van der Waals surface area contributed by atoms with Crippen LogP contribution < -0.4 is 4.74 Å². The number of aliphatic hydroxyl groups excluding tert-OH is 1. The van der Waals surface area contributed by atoms with Crippen molar-refractivity contribution in [3.8, 4) is 11.5 Å². The summed E-state index contributed by atoms with van der Waals surface area (Å²) in [6.07, 6.45) is 0.914. The van der Waals surface area contributed by atoms with Gasteiger partial charge in [-0.1, -0.05) is 6.92 Å². The third kappa shape index (κ3) is 4.07. The highest BCUT2D eigenvalue weighted by molar-refractivity contribution is 5.57. The Bertz CT molecular complexity index is 458. The molecule has 0 saturated heterocycles. The van der Waals surface area contributed by atoms with E-state index < -0.39 is 10.7 Å². The molecule has 0 amide bonds. The molecule has 0 fully saturated rings. The van der Waals surface area contributed by atoms with E-state index in [1.165, 1.54) is 13.2 Å². The number of methoxy groups -OCH3 is 1. The number of benzene rings is 1. The van der Waals surface area contributed by atoms with Gasteiger partial charge in [0.05, 0.1) is 18.6 Å². The van der Waals surface area contributed by atoms with Crippen molar-refractivity contribution in [1.29, 1.82) is 0 Å². The van der Waals surface area contributed by atoms with Gasteiger partial charge < -0.3 is 14.9 Å². The minimum atomic E-state index is -0.641. The van der Waals surface area contributed by atoms with Crippen molar-refractivity contribution >= 4 is 5.69 Å². The summed E-state index contributed by atoms with van der Waals surface area (Å²) in [5.41, 5.74) is 0.285. The number of aliphatic hydroxyl groups is 1. The van der Waals surface area contributed by atoms with Gasteiger partial charge in [-0.2, -0.15) is 0 Å². The number of nitrogens with zero attached hydrogens (tertiary/aromatic N) is 2. The van der Waals surface area contributed by atoms with E-state index in [2.05, 4.69) is 0 Å². The fourth-order valence-corrected chi connectivity index (χ4v) is 2.02. The van der Waals surface area contributed by atoms with Gasteiger partial charge in [-0.25, -0.2) is 0 Å². The second-order valence-corrected chi connectivity index (χ2v) is 4.42. The molecule has 1 rings (SSSR count). The number of ether oxygens (including phenoxy) is 1. The molecule has 0 spiro atoms. The number of phenols is 1. The number of phenolic OH excluding ortho intramolecular Hbond substituents is 1. The Morgan fingerprint density at radius 2 is 2.10 bits per heavy atom. The number of rotatable bonds is 8. The quantitative estimate of drug-likeness (QED) is 0.555. The first-order chi connectivity index (χ1) is 9.53. The zero-order valence-corrected chi connectivity index (χ0v) is 11.7. The molecule has 0 aliphatic heterocycles. The molecule has 112 valence electrons. The highest BCUT2D eigenvalue weighted by atomic mass is 16.6. The average Bonchev–Trinajstić information content (AvgIpc) is 2.40. The van der Waals surface area contributed by atoms with Gasteiger partial charge in [0.1, 0.15) is 0 Å². The molecule has 0 aromatic heterocycles. The van der Waals surface area contributed by atoms with E-state index in [1.54, 1.807) is 6.07 Å². The van der Waals surface area contributed by atoms with Crippen molar-refractivity contribution in [2.45, 2.75) is 19.9 Å². The van der Waals surface area contributed by atoms with Crippen LogP contribution in [0.5, 0.6) is 11.5 Å². The van der Waals surface area contributed by atoms with Gasteiger partial charge in [0.15, 0.2) is 5.75 Å². The molecule has 0 radical (unpaired) electrons. The molecule has 20 heavy (non-hydrogen) atoms. The summed E-state index contributed by atoms with van der Waals surface area (Å²) in [6, 6.07) is 2.90. The monoisotopic (exact) mass is 284 g/mol. The van der Waals surface area contributed by atoms with Crippen molar-refractivity contribution in [3.63, 3.8) is 0 Å². The molecule has 0 aliphatic rings. The lowest BCUT2D eigenvalue weighted by Crippen LogP contribution is -2.27. The fraction of sp³-hybridized carbons (Fsp3) is 0.538. The van der Waals surface area contributed by atoms with Crippen LogP contribution in [0.25, 0.3) is 0 Å². The van der Waals surface area contributed by atoms with Crippen LogP contribution in [0.15, 0.2) is 12.1 Å². The Morgan fingerprint density at radius 3 is 2.60 bits per heavy atom. The molecule has 0 unspecified atom stereocenters. The lowest BCUT2D eigenvalue weighted by molar-refractivity contribution is -0.386. The maximum Gasteiger partial charge on any atom is 0.314 e. The Hall–Kier alpha value is -1.86. The Labute approximate surface area is 117 Å². The van der Waals surface area contributed by atoms with Crippen molar-refractivity contribution in [1.82, 2.24) is 4.90 Å². The molecular weight excluding hydrogens is 264 g/mol. The Balaban J connectivity index is 3.04. The van der Waals surface area contributed by atoms with Crippen LogP contribution in [0.4, 0.5) is 5.69 Å². The summed E-state index contributed by atoms with van der Waals surface area (Å²) in [4.78, 5) is 12.3. The third-order valence-electron chi connectivity index (χ3n) is 2.89. The Kier molecular flexibility index (Phi) is 6.20. The molecule has 0 saturated carbocycles. The van der Waals surface area contributed by atoms with Crippen LogP contribution >= 0.6 is 0 Å². The van der Waals surface area contributed by atoms with Crippen LogP contribution in [0.3, 0.4) is 0 Å². The van der Waals surface area contributed by atoms with E-state index in [-0.39, 0.29) is 18.0 Å². The van der Waals surface area contributed by atoms with E-state index in [0.717, 1.165) is 13.0 Å². The standard InChI is InChI=1S/C13H20N2O5/c1-3-4-14(5-6-16)9-10-7-11(15(18)19)13(17)12(8-10)20-2/h7-8,16-17H,3-6,9H2,1-2H3. The summed E-state index contributed by atoms with van der Waals surface area (Å²) >= 11 is 0. The first kappa shape index (κ1) is 16.2. The molecule has 0 heterocycles. The van der Waals surface area contributed by atoms with E-state index in [4.69, 9.17) is 9.84 Å². The summed E-state index contributed by atoms with van der Waals surface area (Å²) < 4.78 is 4.96. The first-order valence-corrected chi connectivity index (χ1v) is 6.41. The van der Waals surface area contributed by atoms with Crippen LogP contribution in [0.1, 0.15) is 18.9 Å². The predicted octanol–water partition coefficient (Wildman–Crippen LogP) is 1.51.